The molecule has 4 nitrogen and oxygen atoms in total. The lowest BCUT2D eigenvalue weighted by Gasteiger charge is -2.56. The Balaban J connectivity index is 1.71. The molecule has 0 aliphatic carbocycles. The molecule has 0 unspecified atom stereocenters. The van der Waals surface area contributed by atoms with Crippen LogP contribution in [0.4, 0.5) is 5.69 Å². The summed E-state index contributed by atoms with van der Waals surface area (Å²) in [6.45, 7) is 5.96. The Morgan fingerprint density at radius 1 is 1.22 bits per heavy atom. The number of sulfone groups is 1. The van der Waals surface area contributed by atoms with E-state index < -0.39 is 9.84 Å². The van der Waals surface area contributed by atoms with Gasteiger partial charge < -0.3 is 4.90 Å². The molecular weight excluding hydrogens is 332 g/mol. The molecule has 6 heteroatoms. The van der Waals surface area contributed by atoms with Crippen molar-refractivity contribution in [3.63, 3.8) is 0 Å². The molecule has 2 aliphatic rings. The molecule has 0 radical (unpaired) electrons. The van der Waals surface area contributed by atoms with Crippen molar-refractivity contribution in [2.75, 3.05) is 29.5 Å². The van der Waals surface area contributed by atoms with E-state index in [9.17, 15) is 8.42 Å². The van der Waals surface area contributed by atoms with Gasteiger partial charge in [0.15, 0.2) is 9.84 Å². The summed E-state index contributed by atoms with van der Waals surface area (Å²) in [5.41, 5.74) is 2.37. The van der Waals surface area contributed by atoms with E-state index in [1.165, 1.54) is 5.56 Å². The van der Waals surface area contributed by atoms with E-state index in [4.69, 9.17) is 11.6 Å². The molecule has 1 aromatic carbocycles. The molecule has 122 valence electrons. The van der Waals surface area contributed by atoms with Gasteiger partial charge in [-0.1, -0.05) is 31.5 Å². The number of fused-ring (bicyclic) bond motifs is 1. The number of rotatable bonds is 2. The second kappa shape index (κ2) is 4.84. The van der Waals surface area contributed by atoms with Crippen LogP contribution in [-0.4, -0.2) is 38.0 Å². The molecule has 1 spiro atoms. The van der Waals surface area contributed by atoms with Crippen molar-refractivity contribution in [2.24, 2.45) is 5.41 Å². The Bertz CT molecular complexity index is 888. The van der Waals surface area contributed by atoms with Gasteiger partial charge in [-0.2, -0.15) is 0 Å². The fourth-order valence-corrected chi connectivity index (χ4v) is 6.31. The van der Waals surface area contributed by atoms with Crippen LogP contribution in [0.5, 0.6) is 0 Å². The first-order valence-corrected chi connectivity index (χ1v) is 10.0. The highest BCUT2D eigenvalue weighted by Gasteiger charge is 2.56. The first kappa shape index (κ1) is 15.2. The van der Waals surface area contributed by atoms with Crippen LogP contribution in [-0.2, 0) is 9.84 Å². The molecule has 0 N–H and O–H groups in total. The van der Waals surface area contributed by atoms with Gasteiger partial charge >= 0.3 is 0 Å². The van der Waals surface area contributed by atoms with Gasteiger partial charge in [-0.05, 0) is 29.0 Å². The third kappa shape index (κ3) is 2.41. The normalized spacial score (nSPS) is 21.5. The van der Waals surface area contributed by atoms with Crippen molar-refractivity contribution in [2.45, 2.75) is 19.8 Å². The Labute approximate surface area is 141 Å². The van der Waals surface area contributed by atoms with Crippen LogP contribution < -0.4 is 4.90 Å². The minimum atomic E-state index is -2.78. The standard InChI is InChI=1S/C17H19ClN2O2S/c1-11(2)12-3-4-15(14-6-19-16(18)5-13(12)14)20-7-17(8-20)9-23(21,22)10-17/h3-6,11H,7-10H2,1-2H3. The molecule has 3 heterocycles. The second-order valence-corrected chi connectivity index (χ2v) is 9.72. The lowest BCUT2D eigenvalue weighted by Crippen LogP contribution is -2.68. The van der Waals surface area contributed by atoms with Crippen molar-refractivity contribution in [3.8, 4) is 0 Å². The Hall–Kier alpha value is -1.33. The smallest absolute Gasteiger partial charge is 0.151 e. The molecule has 2 fully saturated rings. The zero-order valence-corrected chi connectivity index (χ0v) is 14.8. The molecule has 23 heavy (non-hydrogen) atoms. The summed E-state index contributed by atoms with van der Waals surface area (Å²) in [6, 6.07) is 6.22. The van der Waals surface area contributed by atoms with E-state index >= 15 is 0 Å². The second-order valence-electron chi connectivity index (χ2n) is 7.27. The minimum absolute atomic E-state index is 0.0122. The van der Waals surface area contributed by atoms with Gasteiger partial charge in [0.1, 0.15) is 5.15 Å². The fourth-order valence-electron chi connectivity index (χ4n) is 4.01. The number of hydrogen-bond donors (Lipinski definition) is 0. The maximum absolute atomic E-state index is 11.5. The quantitative estimate of drug-likeness (QED) is 0.780. The van der Waals surface area contributed by atoms with E-state index in [2.05, 4.69) is 35.9 Å². The van der Waals surface area contributed by atoms with Gasteiger partial charge in [0, 0.05) is 35.8 Å². The van der Waals surface area contributed by atoms with E-state index in [1.807, 2.05) is 12.3 Å². The fraction of sp³-hybridized carbons (Fsp3) is 0.471. The predicted molar refractivity (Wildman–Crippen MR) is 94.1 cm³/mol. The number of halogens is 1. The number of pyridine rings is 1. The highest BCUT2D eigenvalue weighted by molar-refractivity contribution is 7.92. The van der Waals surface area contributed by atoms with Crippen LogP contribution in [0, 0.1) is 5.41 Å². The minimum Gasteiger partial charge on any atom is -0.370 e. The summed E-state index contributed by atoms with van der Waals surface area (Å²) in [5, 5.41) is 2.74. The van der Waals surface area contributed by atoms with Crippen LogP contribution >= 0.6 is 11.6 Å². The maximum atomic E-state index is 11.5. The van der Waals surface area contributed by atoms with E-state index in [0.29, 0.717) is 22.6 Å². The van der Waals surface area contributed by atoms with Crippen LogP contribution in [0.25, 0.3) is 10.8 Å². The number of anilines is 1. The molecule has 4 rings (SSSR count). The van der Waals surface area contributed by atoms with Gasteiger partial charge in [0.2, 0.25) is 0 Å². The maximum Gasteiger partial charge on any atom is 0.151 e. The van der Waals surface area contributed by atoms with Crippen LogP contribution in [0.15, 0.2) is 24.4 Å². The molecule has 2 aromatic rings. The van der Waals surface area contributed by atoms with Gasteiger partial charge in [-0.3, -0.25) is 0 Å². The molecule has 0 amide bonds. The number of benzene rings is 1. The monoisotopic (exact) mass is 350 g/mol. The summed E-state index contributed by atoms with van der Waals surface area (Å²) < 4.78 is 22.9. The third-order valence-corrected chi connectivity index (χ3v) is 7.26. The molecule has 0 saturated carbocycles. The van der Waals surface area contributed by atoms with Crippen LogP contribution in [0.1, 0.15) is 25.3 Å². The molecule has 2 aliphatic heterocycles. The molecule has 2 saturated heterocycles. The third-order valence-electron chi connectivity index (χ3n) is 4.95. The highest BCUT2D eigenvalue weighted by Crippen LogP contribution is 2.45. The molecule has 0 atom stereocenters. The molecule has 0 bridgehead atoms. The SMILES string of the molecule is CC(C)c1ccc(N2CC3(C2)CS(=O)(=O)C3)c2cnc(Cl)cc12. The molecular formula is C17H19ClN2O2S. The van der Waals surface area contributed by atoms with Gasteiger partial charge in [-0.25, -0.2) is 13.4 Å². The summed E-state index contributed by atoms with van der Waals surface area (Å²) >= 11 is 6.09. The predicted octanol–water partition coefficient (Wildman–Crippen LogP) is 3.25. The Morgan fingerprint density at radius 3 is 2.52 bits per heavy atom. The number of nitrogens with zero attached hydrogens (tertiary/aromatic N) is 2. The lowest BCUT2D eigenvalue weighted by atomic mass is 9.82. The zero-order valence-electron chi connectivity index (χ0n) is 13.2. The first-order valence-electron chi connectivity index (χ1n) is 7.82. The Kier molecular flexibility index (Phi) is 3.20. The van der Waals surface area contributed by atoms with Gasteiger partial charge in [0.05, 0.1) is 11.5 Å². The van der Waals surface area contributed by atoms with Gasteiger partial charge in [0.25, 0.3) is 0 Å². The summed E-state index contributed by atoms with van der Waals surface area (Å²) in [7, 11) is -2.78. The van der Waals surface area contributed by atoms with Crippen molar-refractivity contribution < 1.29 is 8.42 Å². The van der Waals surface area contributed by atoms with Gasteiger partial charge in [-0.15, -0.1) is 0 Å². The van der Waals surface area contributed by atoms with Crippen LogP contribution in [0.3, 0.4) is 0 Å². The van der Waals surface area contributed by atoms with Crippen molar-refractivity contribution >= 4 is 37.9 Å². The Morgan fingerprint density at radius 2 is 1.91 bits per heavy atom. The zero-order chi connectivity index (χ0) is 16.4. The van der Waals surface area contributed by atoms with E-state index in [1.54, 1.807) is 0 Å². The summed E-state index contributed by atoms with van der Waals surface area (Å²) in [5.74, 6) is 1.08. The van der Waals surface area contributed by atoms with Crippen LogP contribution in [0.2, 0.25) is 5.15 Å². The first-order chi connectivity index (χ1) is 10.8. The average Bonchev–Trinajstić information content (AvgIpc) is 2.40. The topological polar surface area (TPSA) is 50.3 Å². The average molecular weight is 351 g/mol. The number of aromatic nitrogens is 1. The van der Waals surface area contributed by atoms with Crippen molar-refractivity contribution in [1.82, 2.24) is 4.98 Å². The lowest BCUT2D eigenvalue weighted by molar-refractivity contribution is 0.255. The molecule has 1 aromatic heterocycles. The summed E-state index contributed by atoms with van der Waals surface area (Å²) in [4.78, 5) is 6.51. The largest absolute Gasteiger partial charge is 0.370 e. The van der Waals surface area contributed by atoms with E-state index in [-0.39, 0.29) is 5.41 Å². The highest BCUT2D eigenvalue weighted by atomic mass is 35.5. The van der Waals surface area contributed by atoms with Crippen molar-refractivity contribution in [1.29, 1.82) is 0 Å². The number of hydrogen-bond acceptors (Lipinski definition) is 4. The van der Waals surface area contributed by atoms with E-state index in [0.717, 1.165) is 29.5 Å². The summed E-state index contributed by atoms with van der Waals surface area (Å²) in [6.07, 6.45) is 1.83. The van der Waals surface area contributed by atoms with Crippen molar-refractivity contribution in [3.05, 3.63) is 35.1 Å².